The van der Waals surface area contributed by atoms with Gasteiger partial charge in [-0.25, -0.2) is 0 Å². The van der Waals surface area contributed by atoms with Gasteiger partial charge in [0.05, 0.1) is 30.6 Å². The molecule has 1 aromatic carbocycles. The molecule has 0 bridgehead atoms. The fraction of sp³-hybridized carbons (Fsp3) is 0.333. The number of aliphatic hydroxyl groups excluding tert-OH is 1. The highest BCUT2D eigenvalue weighted by molar-refractivity contribution is 5.46. The third kappa shape index (κ3) is 4.12. The van der Waals surface area contributed by atoms with Crippen molar-refractivity contribution in [1.82, 2.24) is 5.43 Å². The first-order chi connectivity index (χ1) is 9.29. The van der Waals surface area contributed by atoms with Crippen LogP contribution < -0.4 is 10.4 Å². The number of nitrogens with one attached hydrogen (secondary N) is 1. The Hall–Kier alpha value is -1.78. The Bertz CT molecular complexity index is 443. The number of anilines is 1. The lowest BCUT2D eigenvalue weighted by Gasteiger charge is -2.27. The first-order valence-electron chi connectivity index (χ1n) is 6.44. The van der Waals surface area contributed by atoms with Gasteiger partial charge in [-0.05, 0) is 24.6 Å². The van der Waals surface area contributed by atoms with E-state index in [1.54, 1.807) is 13.2 Å². The van der Waals surface area contributed by atoms with E-state index in [4.69, 9.17) is 4.74 Å². The lowest BCUT2D eigenvalue weighted by molar-refractivity contribution is 0.203. The molecule has 0 amide bonds. The SMILES string of the molecule is COCCN(NC1=CCC(O)C=C1)c1ccccc1. The van der Waals surface area contributed by atoms with Crippen LogP contribution in [0.3, 0.4) is 0 Å². The zero-order valence-corrected chi connectivity index (χ0v) is 11.1. The van der Waals surface area contributed by atoms with Crippen molar-refractivity contribution in [2.45, 2.75) is 12.5 Å². The highest BCUT2D eigenvalue weighted by atomic mass is 16.5. The number of aliphatic hydroxyl groups is 1. The molecule has 0 saturated heterocycles. The smallest absolute Gasteiger partial charge is 0.0760 e. The molecule has 0 saturated carbocycles. The molecule has 102 valence electrons. The van der Waals surface area contributed by atoms with Crippen LogP contribution in [-0.4, -0.2) is 31.5 Å². The molecule has 0 aromatic heterocycles. The maximum atomic E-state index is 9.43. The second-order valence-corrected chi connectivity index (χ2v) is 4.41. The number of methoxy groups -OCH3 is 1. The normalized spacial score (nSPS) is 18.0. The number of allylic oxidation sites excluding steroid dienone is 1. The molecular weight excluding hydrogens is 240 g/mol. The highest BCUT2D eigenvalue weighted by Gasteiger charge is 2.09. The van der Waals surface area contributed by atoms with E-state index in [1.807, 2.05) is 47.5 Å². The van der Waals surface area contributed by atoms with Crippen LogP contribution in [-0.2, 0) is 4.74 Å². The van der Waals surface area contributed by atoms with Crippen molar-refractivity contribution in [1.29, 1.82) is 0 Å². The fourth-order valence-corrected chi connectivity index (χ4v) is 1.89. The highest BCUT2D eigenvalue weighted by Crippen LogP contribution is 2.14. The second-order valence-electron chi connectivity index (χ2n) is 4.41. The Labute approximate surface area is 114 Å². The summed E-state index contributed by atoms with van der Waals surface area (Å²) in [7, 11) is 1.69. The fourth-order valence-electron chi connectivity index (χ4n) is 1.89. The largest absolute Gasteiger partial charge is 0.389 e. The second kappa shape index (κ2) is 6.97. The van der Waals surface area contributed by atoms with Gasteiger partial charge in [0.15, 0.2) is 0 Å². The van der Waals surface area contributed by atoms with Crippen LogP contribution >= 0.6 is 0 Å². The van der Waals surface area contributed by atoms with Gasteiger partial charge in [-0.2, -0.15) is 0 Å². The topological polar surface area (TPSA) is 44.7 Å². The number of hydrogen-bond acceptors (Lipinski definition) is 4. The molecule has 1 aromatic rings. The van der Waals surface area contributed by atoms with Crippen LogP contribution in [0, 0.1) is 0 Å². The van der Waals surface area contributed by atoms with E-state index >= 15 is 0 Å². The van der Waals surface area contributed by atoms with Crippen molar-refractivity contribution in [2.24, 2.45) is 0 Å². The van der Waals surface area contributed by atoms with Gasteiger partial charge in [0.1, 0.15) is 0 Å². The van der Waals surface area contributed by atoms with E-state index in [0.29, 0.717) is 13.0 Å². The molecule has 0 spiro atoms. The van der Waals surface area contributed by atoms with Gasteiger partial charge >= 0.3 is 0 Å². The maximum absolute atomic E-state index is 9.43. The van der Waals surface area contributed by atoms with E-state index in [2.05, 4.69) is 5.43 Å². The van der Waals surface area contributed by atoms with Gasteiger partial charge < -0.3 is 9.84 Å². The van der Waals surface area contributed by atoms with Crippen LogP contribution in [0.5, 0.6) is 0 Å². The summed E-state index contributed by atoms with van der Waals surface area (Å²) in [5.41, 5.74) is 5.42. The van der Waals surface area contributed by atoms with E-state index < -0.39 is 0 Å². The molecule has 0 heterocycles. The predicted octanol–water partition coefficient (Wildman–Crippen LogP) is 1.85. The molecular formula is C15H20N2O2. The molecule has 0 aliphatic heterocycles. The number of nitrogens with zero attached hydrogens (tertiary/aromatic N) is 1. The van der Waals surface area contributed by atoms with Crippen LogP contribution in [0.15, 0.2) is 54.3 Å². The summed E-state index contributed by atoms with van der Waals surface area (Å²) in [6.45, 7) is 1.38. The van der Waals surface area contributed by atoms with Gasteiger partial charge in [-0.1, -0.05) is 30.4 Å². The molecule has 0 fully saturated rings. The molecule has 4 heteroatoms. The molecule has 2 rings (SSSR count). The lowest BCUT2D eigenvalue weighted by Crippen LogP contribution is -2.40. The van der Waals surface area contributed by atoms with Crippen molar-refractivity contribution in [2.75, 3.05) is 25.3 Å². The van der Waals surface area contributed by atoms with Crippen molar-refractivity contribution >= 4 is 5.69 Å². The van der Waals surface area contributed by atoms with E-state index in [0.717, 1.165) is 17.9 Å². The van der Waals surface area contributed by atoms with E-state index in [9.17, 15) is 5.11 Å². The standard InChI is InChI=1S/C15H20N2O2/c1-19-12-11-17(14-5-3-2-4-6-14)16-13-7-9-15(18)10-8-13/h2-9,15-16,18H,10-12H2,1H3. The maximum Gasteiger partial charge on any atom is 0.0760 e. The molecule has 2 N–H and O–H groups in total. The van der Waals surface area contributed by atoms with Gasteiger partial charge in [-0.3, -0.25) is 10.4 Å². The summed E-state index contributed by atoms with van der Waals surface area (Å²) in [4.78, 5) is 0. The molecule has 1 atom stereocenters. The van der Waals surface area contributed by atoms with Gasteiger partial charge in [0.2, 0.25) is 0 Å². The van der Waals surface area contributed by atoms with Crippen LogP contribution in [0.1, 0.15) is 6.42 Å². The van der Waals surface area contributed by atoms with Crippen molar-refractivity contribution in [3.63, 3.8) is 0 Å². The van der Waals surface area contributed by atoms with Crippen LogP contribution in [0.25, 0.3) is 0 Å². The van der Waals surface area contributed by atoms with Crippen LogP contribution in [0.2, 0.25) is 0 Å². The zero-order valence-electron chi connectivity index (χ0n) is 11.1. The summed E-state index contributed by atoms with van der Waals surface area (Å²) in [6.07, 6.45) is 5.97. The lowest BCUT2D eigenvalue weighted by atomic mass is 10.1. The molecule has 19 heavy (non-hydrogen) atoms. The zero-order chi connectivity index (χ0) is 13.5. The number of hydrogen-bond donors (Lipinski definition) is 2. The number of rotatable bonds is 6. The van der Waals surface area contributed by atoms with Crippen molar-refractivity contribution in [3.8, 4) is 0 Å². The Kier molecular flexibility index (Phi) is 5.01. The summed E-state index contributed by atoms with van der Waals surface area (Å²) < 4.78 is 5.14. The average Bonchev–Trinajstić information content (AvgIpc) is 2.46. The third-order valence-corrected chi connectivity index (χ3v) is 2.93. The molecule has 4 nitrogen and oxygen atoms in total. The quantitative estimate of drug-likeness (QED) is 0.766. The van der Waals surface area contributed by atoms with Gasteiger partial charge in [0, 0.05) is 7.11 Å². The number of benzene rings is 1. The molecule has 1 aliphatic carbocycles. The Balaban J connectivity index is 2.04. The van der Waals surface area contributed by atoms with E-state index in [-0.39, 0.29) is 6.10 Å². The first kappa shape index (κ1) is 13.6. The summed E-state index contributed by atoms with van der Waals surface area (Å²) >= 11 is 0. The number of para-hydroxylation sites is 1. The number of hydrazine groups is 1. The minimum absolute atomic E-state index is 0.366. The van der Waals surface area contributed by atoms with Crippen molar-refractivity contribution < 1.29 is 9.84 Å². The monoisotopic (exact) mass is 260 g/mol. The van der Waals surface area contributed by atoms with E-state index in [1.165, 1.54) is 0 Å². The Morgan fingerprint density at radius 3 is 2.79 bits per heavy atom. The van der Waals surface area contributed by atoms with Gasteiger partial charge in [0.25, 0.3) is 0 Å². The van der Waals surface area contributed by atoms with Gasteiger partial charge in [-0.15, -0.1) is 0 Å². The third-order valence-electron chi connectivity index (χ3n) is 2.93. The van der Waals surface area contributed by atoms with Crippen LogP contribution in [0.4, 0.5) is 5.69 Å². The summed E-state index contributed by atoms with van der Waals surface area (Å²) in [5, 5.41) is 11.5. The molecule has 0 radical (unpaired) electrons. The summed E-state index contributed by atoms with van der Waals surface area (Å²) in [6, 6.07) is 10.1. The minimum atomic E-state index is -0.366. The average molecular weight is 260 g/mol. The molecule has 1 unspecified atom stereocenters. The molecule has 1 aliphatic rings. The summed E-state index contributed by atoms with van der Waals surface area (Å²) in [5.74, 6) is 0. The Morgan fingerprint density at radius 2 is 2.16 bits per heavy atom. The minimum Gasteiger partial charge on any atom is -0.389 e. The first-order valence-corrected chi connectivity index (χ1v) is 6.44. The number of ether oxygens (including phenoxy) is 1. The Morgan fingerprint density at radius 1 is 1.37 bits per heavy atom. The van der Waals surface area contributed by atoms with Crippen molar-refractivity contribution in [3.05, 3.63) is 54.3 Å². The predicted molar refractivity (Wildman–Crippen MR) is 76.6 cm³/mol.